The molecular formula is C26H29F4N3O5. The quantitative estimate of drug-likeness (QED) is 0.349. The summed E-state index contributed by atoms with van der Waals surface area (Å²) >= 11 is 0. The van der Waals surface area contributed by atoms with Gasteiger partial charge in [0.05, 0.1) is 6.04 Å². The van der Waals surface area contributed by atoms with E-state index in [-0.39, 0.29) is 30.1 Å². The van der Waals surface area contributed by atoms with Gasteiger partial charge in [0.25, 0.3) is 0 Å². The van der Waals surface area contributed by atoms with Gasteiger partial charge in [-0.1, -0.05) is 18.9 Å². The maximum atomic E-state index is 13.9. The van der Waals surface area contributed by atoms with Crippen LogP contribution in [0.3, 0.4) is 0 Å². The van der Waals surface area contributed by atoms with Crippen LogP contribution in [0, 0.1) is 29.2 Å². The Balaban J connectivity index is 1.72. The number of nitrogens with zero attached hydrogens (tertiary/aromatic N) is 1. The second kappa shape index (κ2) is 12.2. The zero-order valence-corrected chi connectivity index (χ0v) is 21.2. The minimum absolute atomic E-state index is 0.0261. The lowest BCUT2D eigenvalue weighted by Gasteiger charge is -2.21. The van der Waals surface area contributed by atoms with Gasteiger partial charge >= 0.3 is 6.09 Å². The summed E-state index contributed by atoms with van der Waals surface area (Å²) in [6.07, 6.45) is 3.67. The van der Waals surface area contributed by atoms with Crippen LogP contribution in [0.1, 0.15) is 52.0 Å². The van der Waals surface area contributed by atoms with Crippen molar-refractivity contribution in [2.24, 2.45) is 5.92 Å². The molecule has 1 fully saturated rings. The van der Waals surface area contributed by atoms with Gasteiger partial charge in [0.15, 0.2) is 23.2 Å². The van der Waals surface area contributed by atoms with E-state index in [0.29, 0.717) is 18.4 Å². The molecular weight excluding hydrogens is 510 g/mol. The lowest BCUT2D eigenvalue weighted by Crippen LogP contribution is -2.46. The van der Waals surface area contributed by atoms with Crippen LogP contribution in [0.5, 0.6) is 5.75 Å². The first-order valence-corrected chi connectivity index (χ1v) is 12.1. The largest absolute Gasteiger partial charge is 0.479 e. The molecule has 0 bridgehead atoms. The molecule has 0 saturated heterocycles. The number of anilines is 1. The molecule has 0 spiro atoms. The highest BCUT2D eigenvalue weighted by atomic mass is 19.2. The van der Waals surface area contributed by atoms with Gasteiger partial charge in [-0.15, -0.1) is 0 Å². The van der Waals surface area contributed by atoms with Gasteiger partial charge in [-0.2, -0.15) is 8.78 Å². The van der Waals surface area contributed by atoms with Crippen molar-refractivity contribution in [3.63, 3.8) is 0 Å². The predicted molar refractivity (Wildman–Crippen MR) is 128 cm³/mol. The van der Waals surface area contributed by atoms with Crippen molar-refractivity contribution >= 4 is 23.6 Å². The summed E-state index contributed by atoms with van der Waals surface area (Å²) in [4.78, 5) is 41.7. The van der Waals surface area contributed by atoms with E-state index in [0.717, 1.165) is 12.8 Å². The Morgan fingerprint density at radius 3 is 2.24 bits per heavy atom. The number of benzene rings is 1. The van der Waals surface area contributed by atoms with Gasteiger partial charge in [0.1, 0.15) is 18.0 Å². The molecule has 12 heteroatoms. The molecule has 1 heterocycles. The van der Waals surface area contributed by atoms with E-state index in [4.69, 9.17) is 9.47 Å². The second-order valence-electron chi connectivity index (χ2n) is 9.98. The van der Waals surface area contributed by atoms with E-state index in [1.807, 2.05) is 0 Å². The summed E-state index contributed by atoms with van der Waals surface area (Å²) in [7, 11) is 0. The third-order valence-electron chi connectivity index (χ3n) is 5.75. The van der Waals surface area contributed by atoms with Gasteiger partial charge < -0.3 is 14.8 Å². The second-order valence-corrected chi connectivity index (χ2v) is 9.98. The van der Waals surface area contributed by atoms with Crippen molar-refractivity contribution in [1.82, 2.24) is 10.3 Å². The fourth-order valence-corrected chi connectivity index (χ4v) is 3.91. The van der Waals surface area contributed by atoms with Crippen LogP contribution < -0.4 is 15.4 Å². The first-order valence-electron chi connectivity index (χ1n) is 12.1. The molecule has 2 aromatic rings. The van der Waals surface area contributed by atoms with Crippen molar-refractivity contribution in [3.05, 3.63) is 53.2 Å². The SMILES string of the molecule is CC(C)(C)OC(=O)Nc1ccc(CC(NC(=O)C2CCCC2)C(=O)COc2c(F)c(F)cc(F)c2F)cn1. The third kappa shape index (κ3) is 7.90. The van der Waals surface area contributed by atoms with Crippen LogP contribution in [-0.2, 0) is 20.7 Å². The predicted octanol–water partition coefficient (Wildman–Crippen LogP) is 4.85. The summed E-state index contributed by atoms with van der Waals surface area (Å²) in [5.74, 6) is -9.51. The number of carbonyl (C=O) groups is 3. The van der Waals surface area contributed by atoms with Crippen molar-refractivity contribution in [3.8, 4) is 5.75 Å². The molecule has 1 aromatic heterocycles. The summed E-state index contributed by atoms with van der Waals surface area (Å²) in [5.41, 5.74) is -0.223. The molecule has 1 aliphatic carbocycles. The summed E-state index contributed by atoms with van der Waals surface area (Å²) in [6.45, 7) is 4.16. The molecule has 2 N–H and O–H groups in total. The lowest BCUT2D eigenvalue weighted by molar-refractivity contribution is -0.131. The normalized spacial score (nSPS) is 14.6. The Kier molecular flexibility index (Phi) is 9.29. The van der Waals surface area contributed by atoms with Gasteiger partial charge in [-0.05, 0) is 45.2 Å². The number of hydrogen-bond acceptors (Lipinski definition) is 6. The van der Waals surface area contributed by atoms with Gasteiger partial charge in [0.2, 0.25) is 17.5 Å². The topological polar surface area (TPSA) is 107 Å². The zero-order chi connectivity index (χ0) is 28.0. The average Bonchev–Trinajstić information content (AvgIpc) is 3.37. The highest BCUT2D eigenvalue weighted by molar-refractivity contribution is 5.91. The highest BCUT2D eigenvalue weighted by Crippen LogP contribution is 2.27. The minimum atomic E-state index is -1.78. The first kappa shape index (κ1) is 28.9. The molecule has 38 heavy (non-hydrogen) atoms. The number of Topliss-reactive ketones (excluding diaryl/α,β-unsaturated/α-hetero) is 1. The number of rotatable bonds is 9. The first-order chi connectivity index (χ1) is 17.8. The van der Waals surface area contributed by atoms with Crippen LogP contribution in [0.25, 0.3) is 0 Å². The van der Waals surface area contributed by atoms with Crippen LogP contribution in [0.2, 0.25) is 0 Å². The van der Waals surface area contributed by atoms with Gasteiger partial charge in [0, 0.05) is 24.6 Å². The van der Waals surface area contributed by atoms with Crippen molar-refractivity contribution < 1.29 is 41.4 Å². The maximum absolute atomic E-state index is 13.9. The van der Waals surface area contributed by atoms with Crippen LogP contribution in [0.4, 0.5) is 28.2 Å². The Bertz CT molecular complexity index is 1150. The number of aromatic nitrogens is 1. The zero-order valence-electron chi connectivity index (χ0n) is 21.2. The van der Waals surface area contributed by atoms with E-state index in [1.54, 1.807) is 26.8 Å². The van der Waals surface area contributed by atoms with Gasteiger partial charge in [-0.25, -0.2) is 18.6 Å². The molecule has 206 valence electrons. The molecule has 1 atom stereocenters. The number of halogens is 4. The summed E-state index contributed by atoms with van der Waals surface area (Å²) in [6, 6.07) is 1.87. The average molecular weight is 540 g/mol. The Morgan fingerprint density at radius 2 is 1.68 bits per heavy atom. The maximum Gasteiger partial charge on any atom is 0.413 e. The molecule has 0 aliphatic heterocycles. The number of ether oxygens (including phenoxy) is 2. The Hall–Kier alpha value is -3.70. The number of hydrogen-bond donors (Lipinski definition) is 2. The van der Waals surface area contributed by atoms with E-state index in [2.05, 4.69) is 15.6 Å². The number of ketones is 1. The van der Waals surface area contributed by atoms with E-state index in [9.17, 15) is 31.9 Å². The van der Waals surface area contributed by atoms with Crippen LogP contribution in [-0.4, -0.2) is 41.0 Å². The third-order valence-corrected chi connectivity index (χ3v) is 5.75. The Labute approximate surface area is 217 Å². The molecule has 1 saturated carbocycles. The highest BCUT2D eigenvalue weighted by Gasteiger charge is 2.29. The minimum Gasteiger partial charge on any atom is -0.479 e. The van der Waals surface area contributed by atoms with Crippen LogP contribution >= 0.6 is 0 Å². The van der Waals surface area contributed by atoms with E-state index in [1.165, 1.54) is 12.3 Å². The number of amides is 2. The molecule has 2 amide bonds. The molecule has 3 rings (SSSR count). The Morgan fingerprint density at radius 1 is 1.05 bits per heavy atom. The summed E-state index contributed by atoms with van der Waals surface area (Å²) in [5, 5.41) is 5.11. The van der Waals surface area contributed by atoms with Crippen molar-refractivity contribution in [1.29, 1.82) is 0 Å². The monoisotopic (exact) mass is 539 g/mol. The fraction of sp³-hybridized carbons (Fsp3) is 0.462. The number of pyridine rings is 1. The molecule has 1 aromatic carbocycles. The van der Waals surface area contributed by atoms with Crippen LogP contribution in [0.15, 0.2) is 24.4 Å². The molecule has 1 unspecified atom stereocenters. The smallest absolute Gasteiger partial charge is 0.413 e. The molecule has 0 radical (unpaired) electrons. The standard InChI is InChI=1S/C26H29F4N3O5/c1-26(2,3)38-25(36)33-20-9-8-14(12-31-20)10-18(32-24(35)15-6-4-5-7-15)19(34)13-37-23-21(29)16(27)11-17(28)22(23)30/h8-9,11-12,15,18H,4-7,10,13H2,1-3H3,(H,32,35)(H,31,33,36). The number of nitrogens with one attached hydrogen (secondary N) is 2. The molecule has 1 aliphatic rings. The van der Waals surface area contributed by atoms with Gasteiger partial charge in [-0.3, -0.25) is 14.9 Å². The van der Waals surface area contributed by atoms with E-state index >= 15 is 0 Å². The fourth-order valence-electron chi connectivity index (χ4n) is 3.91. The van der Waals surface area contributed by atoms with Crippen molar-refractivity contribution in [2.45, 2.75) is 64.5 Å². The van der Waals surface area contributed by atoms with Crippen molar-refractivity contribution in [2.75, 3.05) is 11.9 Å². The lowest BCUT2D eigenvalue weighted by atomic mass is 10.0. The van der Waals surface area contributed by atoms with E-state index < -0.39 is 59.1 Å². The molecule has 8 nitrogen and oxygen atoms in total. The summed E-state index contributed by atoms with van der Waals surface area (Å²) < 4.78 is 64.8. The number of carbonyl (C=O) groups excluding carboxylic acids is 3.